The lowest BCUT2D eigenvalue weighted by atomic mass is 10.2. The Morgan fingerprint density at radius 2 is 1.92 bits per heavy atom. The van der Waals surface area contributed by atoms with Gasteiger partial charge in [-0.1, -0.05) is 6.92 Å². The molecule has 0 aliphatic rings. The van der Waals surface area contributed by atoms with Crippen LogP contribution in [0, 0.1) is 0 Å². The minimum Gasteiger partial charge on any atom is -0.490 e. The first-order chi connectivity index (χ1) is 12.0. The molecule has 0 fully saturated rings. The molecule has 25 heavy (non-hydrogen) atoms. The van der Waals surface area contributed by atoms with Crippen LogP contribution in [0.25, 0.3) is 0 Å². The van der Waals surface area contributed by atoms with E-state index in [4.69, 9.17) is 9.47 Å². The van der Waals surface area contributed by atoms with Crippen molar-refractivity contribution in [2.24, 2.45) is 5.10 Å². The number of benzene rings is 1. The van der Waals surface area contributed by atoms with E-state index in [0.717, 1.165) is 12.0 Å². The van der Waals surface area contributed by atoms with Crippen molar-refractivity contribution >= 4 is 18.0 Å². The first-order valence-electron chi connectivity index (χ1n) is 8.47. The Morgan fingerprint density at radius 3 is 2.56 bits per heavy atom. The van der Waals surface area contributed by atoms with Crippen molar-refractivity contribution in [3.05, 3.63) is 23.8 Å². The Labute approximate surface area is 148 Å². The van der Waals surface area contributed by atoms with Crippen molar-refractivity contribution in [1.29, 1.82) is 0 Å². The predicted octanol–water partition coefficient (Wildman–Crippen LogP) is 2.24. The van der Waals surface area contributed by atoms with Crippen molar-refractivity contribution in [2.75, 3.05) is 13.2 Å². The third-order valence-corrected chi connectivity index (χ3v) is 2.90. The molecule has 0 bridgehead atoms. The maximum Gasteiger partial charge on any atom is 0.249 e. The van der Waals surface area contributed by atoms with Crippen LogP contribution in [0.1, 0.15) is 46.1 Å². The molecule has 0 heterocycles. The maximum atomic E-state index is 11.6. The van der Waals surface area contributed by atoms with E-state index in [1.54, 1.807) is 12.1 Å². The number of hydrogen-bond donors (Lipinski definition) is 2. The van der Waals surface area contributed by atoms with Gasteiger partial charge in [0, 0.05) is 6.04 Å². The average molecular weight is 349 g/mol. The number of rotatable bonds is 10. The zero-order chi connectivity index (χ0) is 18.7. The molecular formula is C18H27N3O4. The SMILES string of the molecule is CCCOc1ccc(/C=N/NC(=O)CC(=O)NC(C)C)cc1OCC. The monoisotopic (exact) mass is 349 g/mol. The molecular weight excluding hydrogens is 322 g/mol. The maximum absolute atomic E-state index is 11.6. The number of hydrogen-bond acceptors (Lipinski definition) is 5. The quantitative estimate of drug-likeness (QED) is 0.385. The second-order valence-electron chi connectivity index (χ2n) is 5.68. The van der Waals surface area contributed by atoms with Gasteiger partial charge in [-0.2, -0.15) is 5.10 Å². The summed E-state index contributed by atoms with van der Waals surface area (Å²) < 4.78 is 11.2. The van der Waals surface area contributed by atoms with Crippen LogP contribution in [0.4, 0.5) is 0 Å². The molecule has 0 spiro atoms. The van der Waals surface area contributed by atoms with Crippen LogP contribution in [-0.2, 0) is 9.59 Å². The van der Waals surface area contributed by atoms with Gasteiger partial charge in [0.1, 0.15) is 6.42 Å². The first-order valence-corrected chi connectivity index (χ1v) is 8.47. The summed E-state index contributed by atoms with van der Waals surface area (Å²) in [6, 6.07) is 5.40. The first kappa shape index (κ1) is 20.5. The number of nitrogens with zero attached hydrogens (tertiary/aromatic N) is 1. The van der Waals surface area contributed by atoms with Gasteiger partial charge in [0.25, 0.3) is 0 Å². The van der Waals surface area contributed by atoms with Gasteiger partial charge in [-0.05, 0) is 51.0 Å². The molecule has 138 valence electrons. The van der Waals surface area contributed by atoms with Gasteiger partial charge in [-0.25, -0.2) is 5.43 Å². The minimum absolute atomic E-state index is 0.00534. The van der Waals surface area contributed by atoms with E-state index in [2.05, 4.69) is 15.8 Å². The second-order valence-corrected chi connectivity index (χ2v) is 5.68. The average Bonchev–Trinajstić information content (AvgIpc) is 2.53. The fraction of sp³-hybridized carbons (Fsp3) is 0.500. The van der Waals surface area contributed by atoms with Crippen molar-refractivity contribution in [3.8, 4) is 11.5 Å². The Kier molecular flexibility index (Phi) is 9.06. The van der Waals surface area contributed by atoms with Crippen LogP contribution in [0.3, 0.4) is 0 Å². The van der Waals surface area contributed by atoms with Gasteiger partial charge in [0.05, 0.1) is 19.4 Å². The molecule has 1 aromatic rings. The number of ether oxygens (including phenoxy) is 2. The highest BCUT2D eigenvalue weighted by atomic mass is 16.5. The second kappa shape index (κ2) is 11.1. The van der Waals surface area contributed by atoms with Crippen molar-refractivity contribution in [3.63, 3.8) is 0 Å². The molecule has 0 saturated heterocycles. The summed E-state index contributed by atoms with van der Waals surface area (Å²) >= 11 is 0. The highest BCUT2D eigenvalue weighted by Crippen LogP contribution is 2.28. The minimum atomic E-state index is -0.470. The summed E-state index contributed by atoms with van der Waals surface area (Å²) in [5.41, 5.74) is 3.08. The molecule has 2 amide bonds. The van der Waals surface area contributed by atoms with E-state index in [0.29, 0.717) is 24.7 Å². The Hall–Kier alpha value is -2.57. The number of carbonyl (C=O) groups is 2. The standard InChI is InChI=1S/C18H27N3O4/c1-5-9-25-15-8-7-14(10-16(15)24-6-2)12-19-21-18(23)11-17(22)20-13(3)4/h7-8,10,12-13H,5-6,9,11H2,1-4H3,(H,20,22)(H,21,23)/b19-12+. The highest BCUT2D eigenvalue weighted by Gasteiger charge is 2.09. The Morgan fingerprint density at radius 1 is 1.16 bits per heavy atom. The molecule has 0 atom stereocenters. The highest BCUT2D eigenvalue weighted by molar-refractivity contribution is 5.97. The molecule has 1 aromatic carbocycles. The van der Waals surface area contributed by atoms with Crippen LogP contribution in [0.5, 0.6) is 11.5 Å². The molecule has 0 aliphatic heterocycles. The zero-order valence-corrected chi connectivity index (χ0v) is 15.3. The van der Waals surface area contributed by atoms with Gasteiger partial charge in [0.2, 0.25) is 11.8 Å². The summed E-state index contributed by atoms with van der Waals surface area (Å²) in [4.78, 5) is 23.1. The van der Waals surface area contributed by atoms with E-state index >= 15 is 0 Å². The Bertz CT molecular complexity index is 600. The predicted molar refractivity (Wildman–Crippen MR) is 97.0 cm³/mol. The van der Waals surface area contributed by atoms with E-state index in [1.165, 1.54) is 6.21 Å². The van der Waals surface area contributed by atoms with Gasteiger partial charge in [-0.15, -0.1) is 0 Å². The number of hydrazone groups is 1. The molecule has 0 saturated carbocycles. The summed E-state index contributed by atoms with van der Waals surface area (Å²) in [5.74, 6) is 0.499. The molecule has 7 nitrogen and oxygen atoms in total. The summed E-state index contributed by atoms with van der Waals surface area (Å²) in [5, 5.41) is 6.51. The zero-order valence-electron chi connectivity index (χ0n) is 15.3. The summed E-state index contributed by atoms with van der Waals surface area (Å²) in [6.07, 6.45) is 2.14. The van der Waals surface area contributed by atoms with Crippen LogP contribution in [-0.4, -0.2) is 37.3 Å². The lowest BCUT2D eigenvalue weighted by Gasteiger charge is -2.11. The topological polar surface area (TPSA) is 89.0 Å². The molecule has 0 unspecified atom stereocenters. The van der Waals surface area contributed by atoms with Crippen LogP contribution in [0.15, 0.2) is 23.3 Å². The lowest BCUT2D eigenvalue weighted by Crippen LogP contribution is -2.34. The normalized spacial score (nSPS) is 10.8. The molecule has 0 aliphatic carbocycles. The van der Waals surface area contributed by atoms with Crippen LogP contribution >= 0.6 is 0 Å². The van der Waals surface area contributed by atoms with Crippen molar-refractivity contribution < 1.29 is 19.1 Å². The molecule has 0 radical (unpaired) electrons. The van der Waals surface area contributed by atoms with Gasteiger partial charge in [0.15, 0.2) is 11.5 Å². The number of amides is 2. The molecule has 0 aromatic heterocycles. The van der Waals surface area contributed by atoms with Crippen molar-refractivity contribution in [1.82, 2.24) is 10.7 Å². The largest absolute Gasteiger partial charge is 0.490 e. The summed E-state index contributed by atoms with van der Waals surface area (Å²) in [7, 11) is 0. The third-order valence-electron chi connectivity index (χ3n) is 2.90. The van der Waals surface area contributed by atoms with Gasteiger partial charge in [-0.3, -0.25) is 9.59 Å². The lowest BCUT2D eigenvalue weighted by molar-refractivity contribution is -0.129. The van der Waals surface area contributed by atoms with E-state index < -0.39 is 5.91 Å². The van der Waals surface area contributed by atoms with E-state index in [9.17, 15) is 9.59 Å². The van der Waals surface area contributed by atoms with Crippen molar-refractivity contribution in [2.45, 2.75) is 46.6 Å². The number of nitrogens with one attached hydrogen (secondary N) is 2. The smallest absolute Gasteiger partial charge is 0.249 e. The Balaban J connectivity index is 2.62. The van der Waals surface area contributed by atoms with E-state index in [1.807, 2.05) is 33.8 Å². The van der Waals surface area contributed by atoms with E-state index in [-0.39, 0.29) is 18.4 Å². The molecule has 2 N–H and O–H groups in total. The number of carbonyl (C=O) groups excluding carboxylic acids is 2. The molecule has 1 rings (SSSR count). The van der Waals surface area contributed by atoms with Gasteiger partial charge < -0.3 is 14.8 Å². The fourth-order valence-electron chi connectivity index (χ4n) is 1.94. The van der Waals surface area contributed by atoms with Gasteiger partial charge >= 0.3 is 0 Å². The van der Waals surface area contributed by atoms with Crippen LogP contribution in [0.2, 0.25) is 0 Å². The van der Waals surface area contributed by atoms with Crippen LogP contribution < -0.4 is 20.2 Å². The fourth-order valence-corrected chi connectivity index (χ4v) is 1.94. The third kappa shape index (κ3) is 8.19. The summed E-state index contributed by atoms with van der Waals surface area (Å²) in [6.45, 7) is 8.72. The molecule has 7 heteroatoms.